The van der Waals surface area contributed by atoms with E-state index in [1.807, 2.05) is 0 Å². The zero-order valence-corrected chi connectivity index (χ0v) is 9.97. The smallest absolute Gasteiger partial charge is 0.0621 e. The van der Waals surface area contributed by atoms with Gasteiger partial charge in [-0.05, 0) is 50.6 Å². The molecule has 15 heavy (non-hydrogen) atoms. The standard InChI is InChI=1S/C13H24N2/c1-12-6-5-7-13(10-12)11-15-9-4-2-3-8-14/h12-13,15H,2-7,9-11H2,1H3. The average Bonchev–Trinajstić information content (AvgIpc) is 2.23. The minimum absolute atomic E-state index is 0.710. The van der Waals surface area contributed by atoms with Crippen molar-refractivity contribution in [2.45, 2.75) is 51.9 Å². The molecule has 0 spiro atoms. The maximum absolute atomic E-state index is 8.39. The summed E-state index contributed by atoms with van der Waals surface area (Å²) in [6.07, 6.45) is 8.57. The van der Waals surface area contributed by atoms with Gasteiger partial charge in [0.05, 0.1) is 6.07 Å². The van der Waals surface area contributed by atoms with Crippen molar-refractivity contribution in [3.63, 3.8) is 0 Å². The van der Waals surface area contributed by atoms with E-state index in [-0.39, 0.29) is 0 Å². The molecule has 1 fully saturated rings. The van der Waals surface area contributed by atoms with Gasteiger partial charge in [-0.1, -0.05) is 19.8 Å². The van der Waals surface area contributed by atoms with Gasteiger partial charge in [-0.3, -0.25) is 0 Å². The lowest BCUT2D eigenvalue weighted by atomic mass is 9.82. The largest absolute Gasteiger partial charge is 0.316 e. The second kappa shape index (κ2) is 7.70. The first-order chi connectivity index (χ1) is 7.33. The molecule has 1 rings (SSSR count). The van der Waals surface area contributed by atoms with E-state index in [2.05, 4.69) is 18.3 Å². The molecule has 0 radical (unpaired) electrons. The minimum Gasteiger partial charge on any atom is -0.316 e. The Labute approximate surface area is 94.1 Å². The number of unbranched alkanes of at least 4 members (excludes halogenated alkanes) is 2. The summed E-state index contributed by atoms with van der Waals surface area (Å²) in [5, 5.41) is 11.9. The van der Waals surface area contributed by atoms with Gasteiger partial charge in [0, 0.05) is 6.42 Å². The van der Waals surface area contributed by atoms with E-state index in [1.165, 1.54) is 32.2 Å². The Morgan fingerprint density at radius 2 is 2.20 bits per heavy atom. The van der Waals surface area contributed by atoms with E-state index in [4.69, 9.17) is 5.26 Å². The van der Waals surface area contributed by atoms with Gasteiger partial charge >= 0.3 is 0 Å². The summed E-state index contributed by atoms with van der Waals surface area (Å²) in [5.41, 5.74) is 0. The van der Waals surface area contributed by atoms with Crippen LogP contribution < -0.4 is 5.32 Å². The van der Waals surface area contributed by atoms with Crippen molar-refractivity contribution in [2.75, 3.05) is 13.1 Å². The van der Waals surface area contributed by atoms with Crippen molar-refractivity contribution >= 4 is 0 Å². The highest BCUT2D eigenvalue weighted by molar-refractivity contribution is 4.72. The topological polar surface area (TPSA) is 35.8 Å². The van der Waals surface area contributed by atoms with Crippen LogP contribution in [0.25, 0.3) is 0 Å². The first-order valence-electron chi connectivity index (χ1n) is 6.40. The third-order valence-corrected chi connectivity index (χ3v) is 3.37. The van der Waals surface area contributed by atoms with Crippen LogP contribution in [0.1, 0.15) is 51.9 Å². The average molecular weight is 208 g/mol. The molecule has 0 aromatic carbocycles. The van der Waals surface area contributed by atoms with Gasteiger partial charge in [-0.2, -0.15) is 5.26 Å². The molecule has 1 saturated carbocycles. The van der Waals surface area contributed by atoms with Crippen LogP contribution in [0.15, 0.2) is 0 Å². The number of rotatable bonds is 6. The second-order valence-corrected chi connectivity index (χ2v) is 4.96. The van der Waals surface area contributed by atoms with Crippen LogP contribution in [0.5, 0.6) is 0 Å². The van der Waals surface area contributed by atoms with Gasteiger partial charge < -0.3 is 5.32 Å². The van der Waals surface area contributed by atoms with E-state index in [0.29, 0.717) is 6.42 Å². The molecule has 1 aliphatic carbocycles. The Hall–Kier alpha value is -0.550. The van der Waals surface area contributed by atoms with Crippen LogP contribution in [-0.2, 0) is 0 Å². The zero-order valence-electron chi connectivity index (χ0n) is 9.97. The molecule has 86 valence electrons. The zero-order chi connectivity index (χ0) is 10.9. The highest BCUT2D eigenvalue weighted by Gasteiger charge is 2.17. The van der Waals surface area contributed by atoms with Crippen molar-refractivity contribution < 1.29 is 0 Å². The SMILES string of the molecule is CC1CCCC(CNCCCCC#N)C1. The monoisotopic (exact) mass is 208 g/mol. The molecule has 2 unspecified atom stereocenters. The maximum Gasteiger partial charge on any atom is 0.0621 e. The van der Waals surface area contributed by atoms with Crippen molar-refractivity contribution in [2.24, 2.45) is 11.8 Å². The van der Waals surface area contributed by atoms with Crippen LogP contribution in [-0.4, -0.2) is 13.1 Å². The van der Waals surface area contributed by atoms with E-state index in [1.54, 1.807) is 0 Å². The fourth-order valence-electron chi connectivity index (χ4n) is 2.51. The van der Waals surface area contributed by atoms with Crippen molar-refractivity contribution in [1.29, 1.82) is 5.26 Å². The summed E-state index contributed by atoms with van der Waals surface area (Å²) in [6, 6.07) is 2.19. The molecule has 2 heteroatoms. The minimum atomic E-state index is 0.710. The number of nitrogens with one attached hydrogen (secondary N) is 1. The quantitative estimate of drug-likeness (QED) is 0.681. The Kier molecular flexibility index (Phi) is 6.43. The predicted octanol–water partition coefficient (Wildman–Crippen LogP) is 3.10. The molecule has 2 atom stereocenters. The number of hydrogen-bond donors (Lipinski definition) is 1. The summed E-state index contributed by atoms with van der Waals surface area (Å²) in [4.78, 5) is 0. The first kappa shape index (κ1) is 12.5. The van der Waals surface area contributed by atoms with Crippen LogP contribution in [0.4, 0.5) is 0 Å². The van der Waals surface area contributed by atoms with Gasteiger partial charge in [-0.15, -0.1) is 0 Å². The molecule has 0 amide bonds. The van der Waals surface area contributed by atoms with Crippen LogP contribution in [0.3, 0.4) is 0 Å². The lowest BCUT2D eigenvalue weighted by Crippen LogP contribution is -2.27. The normalized spacial score (nSPS) is 26.1. The highest BCUT2D eigenvalue weighted by Crippen LogP contribution is 2.27. The first-order valence-corrected chi connectivity index (χ1v) is 6.40. The van der Waals surface area contributed by atoms with Gasteiger partial charge in [0.2, 0.25) is 0 Å². The Bertz CT molecular complexity index is 195. The van der Waals surface area contributed by atoms with Crippen LogP contribution >= 0.6 is 0 Å². The molecular formula is C13H24N2. The molecule has 0 aromatic heterocycles. The molecule has 0 saturated heterocycles. The van der Waals surface area contributed by atoms with Crippen LogP contribution in [0, 0.1) is 23.2 Å². The van der Waals surface area contributed by atoms with Crippen molar-refractivity contribution in [3.8, 4) is 6.07 Å². The molecule has 2 nitrogen and oxygen atoms in total. The van der Waals surface area contributed by atoms with Gasteiger partial charge in [0.25, 0.3) is 0 Å². The Morgan fingerprint density at radius 1 is 1.33 bits per heavy atom. The predicted molar refractivity (Wildman–Crippen MR) is 63.5 cm³/mol. The van der Waals surface area contributed by atoms with Crippen LogP contribution in [0.2, 0.25) is 0 Å². The summed E-state index contributed by atoms with van der Waals surface area (Å²) >= 11 is 0. The lowest BCUT2D eigenvalue weighted by molar-refractivity contribution is 0.274. The summed E-state index contributed by atoms with van der Waals surface area (Å²) in [6.45, 7) is 4.66. The Balaban J connectivity index is 1.93. The summed E-state index contributed by atoms with van der Waals surface area (Å²) in [5.74, 6) is 1.84. The van der Waals surface area contributed by atoms with E-state index in [9.17, 15) is 0 Å². The van der Waals surface area contributed by atoms with E-state index < -0.39 is 0 Å². The third kappa shape index (κ3) is 5.79. The molecule has 0 aliphatic heterocycles. The number of nitriles is 1. The molecule has 1 aliphatic rings. The van der Waals surface area contributed by atoms with Gasteiger partial charge in [0.15, 0.2) is 0 Å². The molecule has 0 bridgehead atoms. The third-order valence-electron chi connectivity index (χ3n) is 3.37. The fraction of sp³-hybridized carbons (Fsp3) is 0.923. The molecular weight excluding hydrogens is 184 g/mol. The van der Waals surface area contributed by atoms with E-state index >= 15 is 0 Å². The number of nitrogens with zero attached hydrogens (tertiary/aromatic N) is 1. The summed E-state index contributed by atoms with van der Waals surface area (Å²) < 4.78 is 0. The molecule has 1 N–H and O–H groups in total. The Morgan fingerprint density at radius 3 is 2.93 bits per heavy atom. The van der Waals surface area contributed by atoms with Gasteiger partial charge in [0.1, 0.15) is 0 Å². The van der Waals surface area contributed by atoms with Gasteiger partial charge in [-0.25, -0.2) is 0 Å². The second-order valence-electron chi connectivity index (χ2n) is 4.96. The summed E-state index contributed by atoms with van der Waals surface area (Å²) in [7, 11) is 0. The number of hydrogen-bond acceptors (Lipinski definition) is 2. The maximum atomic E-state index is 8.39. The van der Waals surface area contributed by atoms with E-state index in [0.717, 1.165) is 31.2 Å². The molecule has 0 aromatic rings. The molecule has 0 heterocycles. The fourth-order valence-corrected chi connectivity index (χ4v) is 2.51. The van der Waals surface area contributed by atoms with Crippen molar-refractivity contribution in [1.82, 2.24) is 5.32 Å². The highest BCUT2D eigenvalue weighted by atomic mass is 14.9. The lowest BCUT2D eigenvalue weighted by Gasteiger charge is -2.26. The van der Waals surface area contributed by atoms with Crippen molar-refractivity contribution in [3.05, 3.63) is 0 Å².